The number of benzene rings is 2. The summed E-state index contributed by atoms with van der Waals surface area (Å²) in [5.41, 5.74) is 7.86. The van der Waals surface area contributed by atoms with Gasteiger partial charge in [-0.15, -0.1) is 10.2 Å². The van der Waals surface area contributed by atoms with Crippen LogP contribution < -0.4 is 16.2 Å². The van der Waals surface area contributed by atoms with Gasteiger partial charge in [-0.2, -0.15) is 5.21 Å². The molecule has 0 spiro atoms. The molecule has 0 radical (unpaired) electrons. The summed E-state index contributed by atoms with van der Waals surface area (Å²) in [5.74, 6) is -0.728. The number of sulfonamides is 1. The van der Waals surface area contributed by atoms with E-state index >= 15 is 0 Å². The maximum Gasteiger partial charge on any atom is 0.240 e. The smallest absolute Gasteiger partial charge is 0.240 e. The van der Waals surface area contributed by atoms with Gasteiger partial charge in [0.05, 0.1) is 10.6 Å². The lowest BCUT2D eigenvalue weighted by molar-refractivity contribution is 0.583. The molecule has 31 heavy (non-hydrogen) atoms. The first kappa shape index (κ1) is 21.4. The summed E-state index contributed by atoms with van der Waals surface area (Å²) in [6.45, 7) is 0.471. The monoisotopic (exact) mass is 463 g/mol. The highest BCUT2D eigenvalue weighted by Crippen LogP contribution is 2.43. The standard InChI is InChI=1S/C18H21N7O4S2/c19-8-10-30(26,27)15-6-5-13(11-7-9-21-14-4-2-1-3-12(11)14)16(17(15)31(20,28)29)18-22-24-25-23-18/h1-6,11,21H,7-10,19H2,(H2,20,28,29)(H,22,23,24,25). The molecule has 6 N–H and O–H groups in total. The van der Waals surface area contributed by atoms with E-state index in [0.29, 0.717) is 18.5 Å². The molecule has 1 unspecified atom stereocenters. The number of nitrogens with two attached hydrogens (primary N) is 2. The van der Waals surface area contributed by atoms with E-state index in [-0.39, 0.29) is 23.9 Å². The number of hydrogen-bond acceptors (Lipinski definition) is 9. The molecule has 0 saturated heterocycles. The molecule has 1 aliphatic rings. The SMILES string of the molecule is NCCS(=O)(=O)c1ccc(C2CCNc3ccccc32)c(-c2nn[nH]n2)c1S(N)(=O)=O. The lowest BCUT2D eigenvalue weighted by Crippen LogP contribution is -2.24. The van der Waals surface area contributed by atoms with Crippen LogP contribution in [-0.2, 0) is 19.9 Å². The van der Waals surface area contributed by atoms with E-state index in [9.17, 15) is 16.8 Å². The fraction of sp³-hybridized carbons (Fsp3) is 0.278. The lowest BCUT2D eigenvalue weighted by atomic mass is 9.82. The van der Waals surface area contributed by atoms with Crippen molar-refractivity contribution in [2.45, 2.75) is 22.1 Å². The molecule has 13 heteroatoms. The number of rotatable bonds is 6. The Morgan fingerprint density at radius 1 is 1.06 bits per heavy atom. The number of primary sulfonamides is 1. The summed E-state index contributed by atoms with van der Waals surface area (Å²) in [4.78, 5) is -0.970. The average Bonchev–Trinajstić information content (AvgIpc) is 3.26. The molecular weight excluding hydrogens is 442 g/mol. The third kappa shape index (κ3) is 3.92. The van der Waals surface area contributed by atoms with Gasteiger partial charge in [0.25, 0.3) is 0 Å². The minimum Gasteiger partial charge on any atom is -0.385 e. The van der Waals surface area contributed by atoms with Gasteiger partial charge in [0.2, 0.25) is 15.8 Å². The van der Waals surface area contributed by atoms with Gasteiger partial charge < -0.3 is 11.1 Å². The Morgan fingerprint density at radius 3 is 2.52 bits per heavy atom. The van der Waals surface area contributed by atoms with Crippen LogP contribution in [0.1, 0.15) is 23.5 Å². The number of aromatic amines is 1. The highest BCUT2D eigenvalue weighted by molar-refractivity contribution is 7.93. The fourth-order valence-electron chi connectivity index (χ4n) is 3.95. The number of nitrogens with zero attached hydrogens (tertiary/aromatic N) is 3. The van der Waals surface area contributed by atoms with Gasteiger partial charge in [0.15, 0.2) is 9.84 Å². The first-order valence-corrected chi connectivity index (χ1v) is 12.6. The number of nitrogens with one attached hydrogen (secondary N) is 2. The highest BCUT2D eigenvalue weighted by atomic mass is 32.2. The molecule has 4 rings (SSSR count). The number of para-hydroxylation sites is 1. The number of tetrazole rings is 1. The second-order valence-electron chi connectivity index (χ2n) is 7.10. The number of anilines is 1. The van der Waals surface area contributed by atoms with Crippen molar-refractivity contribution in [3.63, 3.8) is 0 Å². The lowest BCUT2D eigenvalue weighted by Gasteiger charge is -2.29. The molecule has 0 saturated carbocycles. The highest BCUT2D eigenvalue weighted by Gasteiger charge is 2.34. The Balaban J connectivity index is 2.08. The van der Waals surface area contributed by atoms with Crippen LogP contribution in [0.4, 0.5) is 5.69 Å². The minimum atomic E-state index is -4.49. The van der Waals surface area contributed by atoms with Crippen molar-refractivity contribution in [3.8, 4) is 11.4 Å². The van der Waals surface area contributed by atoms with E-state index in [4.69, 9.17) is 10.9 Å². The zero-order valence-electron chi connectivity index (χ0n) is 16.3. The van der Waals surface area contributed by atoms with Gasteiger partial charge in [-0.05, 0) is 34.9 Å². The molecule has 0 fully saturated rings. The maximum atomic E-state index is 12.8. The number of aromatic nitrogens is 4. The van der Waals surface area contributed by atoms with Gasteiger partial charge in [0.1, 0.15) is 4.90 Å². The van der Waals surface area contributed by atoms with E-state index in [2.05, 4.69) is 25.9 Å². The second kappa shape index (κ2) is 8.00. The molecule has 0 aliphatic carbocycles. The van der Waals surface area contributed by atoms with Crippen molar-refractivity contribution in [1.29, 1.82) is 0 Å². The Labute approximate surface area is 179 Å². The number of sulfone groups is 1. The van der Waals surface area contributed by atoms with Gasteiger partial charge in [0, 0.05) is 30.3 Å². The largest absolute Gasteiger partial charge is 0.385 e. The summed E-state index contributed by atoms with van der Waals surface area (Å²) in [7, 11) is -8.52. The number of H-pyrrole nitrogens is 1. The van der Waals surface area contributed by atoms with Crippen LogP contribution in [0.25, 0.3) is 11.4 Å². The van der Waals surface area contributed by atoms with Crippen LogP contribution in [0.15, 0.2) is 46.2 Å². The topological polar surface area (TPSA) is 187 Å². The maximum absolute atomic E-state index is 12.8. The summed E-state index contributed by atoms with van der Waals surface area (Å²) in [6.07, 6.45) is 0.640. The Morgan fingerprint density at radius 2 is 1.84 bits per heavy atom. The first-order valence-electron chi connectivity index (χ1n) is 9.43. The average molecular weight is 464 g/mol. The summed E-state index contributed by atoms with van der Waals surface area (Å²) in [6, 6.07) is 10.5. The number of fused-ring (bicyclic) bond motifs is 1. The van der Waals surface area contributed by atoms with Crippen molar-refractivity contribution in [2.24, 2.45) is 10.9 Å². The normalized spacial score (nSPS) is 16.5. The third-order valence-corrected chi connectivity index (χ3v) is 8.09. The molecule has 0 amide bonds. The predicted octanol–water partition coefficient (Wildman–Crippen LogP) is 0.194. The van der Waals surface area contributed by atoms with Gasteiger partial charge >= 0.3 is 0 Å². The second-order valence-corrected chi connectivity index (χ2v) is 10.7. The number of hydrogen-bond donors (Lipinski definition) is 4. The van der Waals surface area contributed by atoms with Crippen LogP contribution in [-0.4, -0.2) is 56.3 Å². The van der Waals surface area contributed by atoms with Crippen LogP contribution in [0.5, 0.6) is 0 Å². The minimum absolute atomic E-state index is 0.0241. The van der Waals surface area contributed by atoms with E-state index in [1.165, 1.54) is 6.07 Å². The van der Waals surface area contributed by atoms with Crippen LogP contribution in [0.2, 0.25) is 0 Å². The fourth-order valence-corrected chi connectivity index (χ4v) is 6.71. The van der Waals surface area contributed by atoms with Gasteiger partial charge in [-0.1, -0.05) is 24.3 Å². The molecule has 164 valence electrons. The molecule has 1 aromatic heterocycles. The molecule has 1 atom stereocenters. The molecule has 2 heterocycles. The first-order chi connectivity index (χ1) is 14.7. The van der Waals surface area contributed by atoms with Gasteiger partial charge in [-0.3, -0.25) is 0 Å². The third-order valence-electron chi connectivity index (χ3n) is 5.19. The predicted molar refractivity (Wildman–Crippen MR) is 113 cm³/mol. The van der Waals surface area contributed by atoms with E-state index in [0.717, 1.165) is 11.3 Å². The van der Waals surface area contributed by atoms with Gasteiger partial charge in [-0.25, -0.2) is 22.0 Å². The summed E-state index contributed by atoms with van der Waals surface area (Å²) < 4.78 is 51.0. The van der Waals surface area contributed by atoms with Crippen molar-refractivity contribution < 1.29 is 16.8 Å². The molecule has 3 aromatic rings. The van der Waals surface area contributed by atoms with Crippen LogP contribution in [0, 0.1) is 0 Å². The quantitative estimate of drug-likeness (QED) is 0.396. The van der Waals surface area contributed by atoms with Crippen molar-refractivity contribution in [3.05, 3.63) is 47.5 Å². The van der Waals surface area contributed by atoms with Crippen molar-refractivity contribution in [2.75, 3.05) is 24.2 Å². The molecule has 2 aromatic carbocycles. The van der Waals surface area contributed by atoms with E-state index in [1.807, 2.05) is 24.3 Å². The molecular formula is C18H21N7O4S2. The molecule has 1 aliphatic heterocycles. The Hall–Kier alpha value is -2.87. The summed E-state index contributed by atoms with van der Waals surface area (Å²) in [5, 5.41) is 22.5. The van der Waals surface area contributed by atoms with Crippen LogP contribution in [0.3, 0.4) is 0 Å². The zero-order chi connectivity index (χ0) is 22.2. The Kier molecular flexibility index (Phi) is 5.51. The van der Waals surface area contributed by atoms with Crippen molar-refractivity contribution in [1.82, 2.24) is 20.6 Å². The van der Waals surface area contributed by atoms with Crippen LogP contribution >= 0.6 is 0 Å². The molecule has 0 bridgehead atoms. The van der Waals surface area contributed by atoms with E-state index in [1.54, 1.807) is 6.07 Å². The van der Waals surface area contributed by atoms with Crippen molar-refractivity contribution >= 4 is 25.5 Å². The molecule has 11 nitrogen and oxygen atoms in total. The van der Waals surface area contributed by atoms with E-state index < -0.39 is 35.4 Å². The zero-order valence-corrected chi connectivity index (χ0v) is 17.9. The summed E-state index contributed by atoms with van der Waals surface area (Å²) >= 11 is 0. The Bertz CT molecular complexity index is 1320.